The summed E-state index contributed by atoms with van der Waals surface area (Å²) >= 11 is 5.73. The van der Waals surface area contributed by atoms with Gasteiger partial charge in [-0.2, -0.15) is 0 Å². The lowest BCUT2D eigenvalue weighted by molar-refractivity contribution is 0.280. The summed E-state index contributed by atoms with van der Waals surface area (Å²) in [6.07, 6.45) is 0. The Labute approximate surface area is 83.9 Å². The molecule has 0 bridgehead atoms. The van der Waals surface area contributed by atoms with E-state index in [2.05, 4.69) is 12.2 Å². The van der Waals surface area contributed by atoms with Crippen LogP contribution in [0.4, 0.5) is 0 Å². The Morgan fingerprint density at radius 1 is 1.38 bits per heavy atom. The van der Waals surface area contributed by atoms with Crippen LogP contribution in [0.15, 0.2) is 24.3 Å². The molecule has 1 aromatic carbocycles. The number of halogens is 1. The molecule has 2 nitrogen and oxygen atoms in total. The normalized spacial score (nSPS) is 12.5. The summed E-state index contributed by atoms with van der Waals surface area (Å²) in [5.41, 5.74) is 0. The van der Waals surface area contributed by atoms with Crippen molar-refractivity contribution in [1.82, 2.24) is 5.32 Å². The molecule has 0 spiro atoms. The van der Waals surface area contributed by atoms with Gasteiger partial charge in [0.15, 0.2) is 0 Å². The van der Waals surface area contributed by atoms with Gasteiger partial charge in [0.1, 0.15) is 12.4 Å². The predicted octanol–water partition coefficient (Wildman–Crippen LogP) is 2.33. The molecule has 1 atom stereocenters. The van der Waals surface area contributed by atoms with Gasteiger partial charge >= 0.3 is 0 Å². The summed E-state index contributed by atoms with van der Waals surface area (Å²) in [5.74, 6) is 0.853. The standard InChI is InChI=1S/C10H14ClNO/c1-8(12-2)7-13-10-5-3-9(11)4-6-10/h3-6,8,12H,7H2,1-2H3. The van der Waals surface area contributed by atoms with E-state index in [9.17, 15) is 0 Å². The molecule has 0 saturated carbocycles. The number of ether oxygens (including phenoxy) is 1. The minimum atomic E-state index is 0.357. The molecule has 0 radical (unpaired) electrons. The second kappa shape index (κ2) is 5.10. The largest absolute Gasteiger partial charge is 0.492 e. The molecular weight excluding hydrogens is 186 g/mol. The molecular formula is C10H14ClNO. The second-order valence-corrected chi connectivity index (χ2v) is 3.39. The molecule has 0 amide bonds. The molecule has 1 unspecified atom stereocenters. The molecule has 1 N–H and O–H groups in total. The summed E-state index contributed by atoms with van der Waals surface area (Å²) < 4.78 is 5.49. The number of hydrogen-bond donors (Lipinski definition) is 1. The van der Waals surface area contributed by atoms with Crippen molar-refractivity contribution in [3.8, 4) is 5.75 Å². The fourth-order valence-electron chi connectivity index (χ4n) is 0.835. The van der Waals surface area contributed by atoms with Crippen LogP contribution in [0, 0.1) is 0 Å². The van der Waals surface area contributed by atoms with Gasteiger partial charge in [0, 0.05) is 11.1 Å². The number of hydrogen-bond acceptors (Lipinski definition) is 2. The lowest BCUT2D eigenvalue weighted by Gasteiger charge is -2.11. The van der Waals surface area contributed by atoms with E-state index < -0.39 is 0 Å². The molecule has 72 valence electrons. The number of rotatable bonds is 4. The van der Waals surface area contributed by atoms with E-state index in [1.165, 1.54) is 0 Å². The second-order valence-electron chi connectivity index (χ2n) is 2.95. The Morgan fingerprint density at radius 2 is 2.00 bits per heavy atom. The Morgan fingerprint density at radius 3 is 2.54 bits per heavy atom. The zero-order chi connectivity index (χ0) is 9.68. The number of benzene rings is 1. The monoisotopic (exact) mass is 199 g/mol. The average Bonchev–Trinajstić information content (AvgIpc) is 2.16. The first-order valence-corrected chi connectivity index (χ1v) is 4.66. The molecule has 0 heterocycles. The van der Waals surface area contributed by atoms with Gasteiger partial charge in [-0.3, -0.25) is 0 Å². The van der Waals surface area contributed by atoms with Crippen molar-refractivity contribution in [2.24, 2.45) is 0 Å². The fraction of sp³-hybridized carbons (Fsp3) is 0.400. The molecule has 3 heteroatoms. The van der Waals surface area contributed by atoms with E-state index in [0.29, 0.717) is 12.6 Å². The van der Waals surface area contributed by atoms with E-state index in [-0.39, 0.29) is 0 Å². The smallest absolute Gasteiger partial charge is 0.119 e. The molecule has 13 heavy (non-hydrogen) atoms. The fourth-order valence-corrected chi connectivity index (χ4v) is 0.961. The first kappa shape index (κ1) is 10.4. The highest BCUT2D eigenvalue weighted by Crippen LogP contribution is 2.15. The highest BCUT2D eigenvalue weighted by atomic mass is 35.5. The average molecular weight is 200 g/mol. The Balaban J connectivity index is 2.41. The maximum absolute atomic E-state index is 5.73. The van der Waals surface area contributed by atoms with E-state index >= 15 is 0 Å². The van der Waals surface area contributed by atoms with E-state index in [4.69, 9.17) is 16.3 Å². The van der Waals surface area contributed by atoms with E-state index in [1.807, 2.05) is 31.3 Å². The minimum absolute atomic E-state index is 0.357. The van der Waals surface area contributed by atoms with Crippen molar-refractivity contribution in [3.05, 3.63) is 29.3 Å². The van der Waals surface area contributed by atoms with Gasteiger partial charge < -0.3 is 10.1 Å². The quantitative estimate of drug-likeness (QED) is 0.804. The third kappa shape index (κ3) is 3.66. The molecule has 0 saturated heterocycles. The number of nitrogens with one attached hydrogen (secondary N) is 1. The summed E-state index contributed by atoms with van der Waals surface area (Å²) in [6.45, 7) is 2.73. The molecule has 0 fully saturated rings. The van der Waals surface area contributed by atoms with Crippen molar-refractivity contribution in [2.45, 2.75) is 13.0 Å². The third-order valence-corrected chi connectivity index (χ3v) is 2.06. The van der Waals surface area contributed by atoms with Crippen LogP contribution in [0.25, 0.3) is 0 Å². The highest BCUT2D eigenvalue weighted by molar-refractivity contribution is 6.30. The lowest BCUT2D eigenvalue weighted by Crippen LogP contribution is -2.28. The van der Waals surface area contributed by atoms with Gasteiger partial charge in [0.25, 0.3) is 0 Å². The Bertz CT molecular complexity index is 248. The summed E-state index contributed by atoms with van der Waals surface area (Å²) in [4.78, 5) is 0. The van der Waals surface area contributed by atoms with Crippen molar-refractivity contribution < 1.29 is 4.74 Å². The molecule has 0 aliphatic carbocycles. The van der Waals surface area contributed by atoms with Crippen LogP contribution >= 0.6 is 11.6 Å². The third-order valence-electron chi connectivity index (χ3n) is 1.81. The van der Waals surface area contributed by atoms with E-state index in [0.717, 1.165) is 10.8 Å². The van der Waals surface area contributed by atoms with Crippen molar-refractivity contribution in [1.29, 1.82) is 0 Å². The lowest BCUT2D eigenvalue weighted by atomic mass is 10.3. The minimum Gasteiger partial charge on any atom is -0.492 e. The first-order chi connectivity index (χ1) is 6.22. The van der Waals surface area contributed by atoms with Gasteiger partial charge in [-0.25, -0.2) is 0 Å². The van der Waals surface area contributed by atoms with Crippen LogP contribution < -0.4 is 10.1 Å². The van der Waals surface area contributed by atoms with Crippen molar-refractivity contribution >= 4 is 11.6 Å². The molecule has 0 aromatic heterocycles. The SMILES string of the molecule is CNC(C)COc1ccc(Cl)cc1. The van der Waals surface area contributed by atoms with Crippen LogP contribution in [0.2, 0.25) is 5.02 Å². The molecule has 0 aliphatic rings. The zero-order valence-electron chi connectivity index (χ0n) is 7.88. The summed E-state index contributed by atoms with van der Waals surface area (Å²) in [6, 6.07) is 7.73. The maximum atomic E-state index is 5.73. The highest BCUT2D eigenvalue weighted by Gasteiger charge is 1.98. The van der Waals surface area contributed by atoms with Crippen LogP contribution in [-0.4, -0.2) is 19.7 Å². The maximum Gasteiger partial charge on any atom is 0.119 e. The van der Waals surface area contributed by atoms with Crippen LogP contribution in [0.3, 0.4) is 0 Å². The Hall–Kier alpha value is -0.730. The molecule has 1 rings (SSSR count). The predicted molar refractivity (Wildman–Crippen MR) is 55.5 cm³/mol. The zero-order valence-corrected chi connectivity index (χ0v) is 8.64. The van der Waals surface area contributed by atoms with Crippen LogP contribution in [0.1, 0.15) is 6.92 Å². The summed E-state index contributed by atoms with van der Waals surface area (Å²) in [5, 5.41) is 3.83. The number of likely N-dealkylation sites (N-methyl/N-ethyl adjacent to an activating group) is 1. The molecule has 1 aromatic rings. The van der Waals surface area contributed by atoms with Gasteiger partial charge in [0.2, 0.25) is 0 Å². The van der Waals surface area contributed by atoms with Gasteiger partial charge in [-0.15, -0.1) is 0 Å². The van der Waals surface area contributed by atoms with Gasteiger partial charge in [-0.05, 0) is 38.2 Å². The Kier molecular flexibility index (Phi) is 4.06. The van der Waals surface area contributed by atoms with E-state index in [1.54, 1.807) is 0 Å². The van der Waals surface area contributed by atoms with Crippen LogP contribution in [0.5, 0.6) is 5.75 Å². The molecule has 0 aliphatic heterocycles. The van der Waals surface area contributed by atoms with Crippen molar-refractivity contribution in [3.63, 3.8) is 0 Å². The first-order valence-electron chi connectivity index (χ1n) is 4.28. The van der Waals surface area contributed by atoms with Gasteiger partial charge in [0.05, 0.1) is 0 Å². The van der Waals surface area contributed by atoms with Crippen LogP contribution in [-0.2, 0) is 0 Å². The van der Waals surface area contributed by atoms with Crippen molar-refractivity contribution in [2.75, 3.05) is 13.7 Å². The van der Waals surface area contributed by atoms with Gasteiger partial charge in [-0.1, -0.05) is 11.6 Å². The topological polar surface area (TPSA) is 21.3 Å². The summed E-state index contributed by atoms with van der Waals surface area (Å²) in [7, 11) is 1.91.